The quantitative estimate of drug-likeness (QED) is 0.944. The van der Waals surface area contributed by atoms with Gasteiger partial charge < -0.3 is 5.73 Å². The van der Waals surface area contributed by atoms with E-state index in [1.165, 1.54) is 16.1 Å². The molecule has 3 nitrogen and oxygen atoms in total. The fourth-order valence-corrected chi connectivity index (χ4v) is 3.81. The number of rotatable bonds is 4. The Bertz CT molecular complexity index is 598. The molecule has 0 aliphatic carbocycles. The van der Waals surface area contributed by atoms with Crippen LogP contribution in [0.4, 0.5) is 0 Å². The van der Waals surface area contributed by atoms with Crippen LogP contribution in [0.3, 0.4) is 0 Å². The van der Waals surface area contributed by atoms with Gasteiger partial charge in [-0.2, -0.15) is 0 Å². The van der Waals surface area contributed by atoms with Gasteiger partial charge in [-0.3, -0.25) is 4.90 Å². The second-order valence-electron chi connectivity index (χ2n) is 6.37. The van der Waals surface area contributed by atoms with Crippen LogP contribution in [-0.2, 0) is 24.9 Å². The van der Waals surface area contributed by atoms with E-state index in [2.05, 4.69) is 35.2 Å². The number of thiazole rings is 1. The molecule has 0 amide bonds. The molecule has 0 unspecified atom stereocenters. The van der Waals surface area contributed by atoms with E-state index in [0.717, 1.165) is 37.5 Å². The lowest BCUT2D eigenvalue weighted by atomic mass is 10.1. The highest BCUT2D eigenvalue weighted by molar-refractivity contribution is 7.11. The van der Waals surface area contributed by atoms with E-state index in [9.17, 15) is 0 Å². The Morgan fingerprint density at radius 3 is 2.76 bits per heavy atom. The normalized spacial score (nSPS) is 16.0. The van der Waals surface area contributed by atoms with Crippen LogP contribution >= 0.6 is 11.3 Å². The third kappa shape index (κ3) is 3.51. The number of fused-ring (bicyclic) bond motifs is 1. The molecular formula is C17H23N3S. The third-order valence-electron chi connectivity index (χ3n) is 3.92. The maximum atomic E-state index is 6.17. The molecule has 0 saturated carbocycles. The van der Waals surface area contributed by atoms with E-state index in [-0.39, 0.29) is 5.54 Å². The number of hydrogen-bond donors (Lipinski definition) is 1. The number of nitrogens with zero attached hydrogens (tertiary/aromatic N) is 2. The highest BCUT2D eigenvalue weighted by Crippen LogP contribution is 2.30. The topological polar surface area (TPSA) is 42.1 Å². The Morgan fingerprint density at radius 1 is 1.29 bits per heavy atom. The van der Waals surface area contributed by atoms with E-state index in [0.29, 0.717) is 0 Å². The van der Waals surface area contributed by atoms with Crippen molar-refractivity contribution in [2.24, 2.45) is 5.73 Å². The van der Waals surface area contributed by atoms with Crippen LogP contribution in [0.2, 0.25) is 0 Å². The molecule has 4 heteroatoms. The van der Waals surface area contributed by atoms with Gasteiger partial charge in [0.1, 0.15) is 5.01 Å². The summed E-state index contributed by atoms with van der Waals surface area (Å²) in [6.07, 6.45) is 2.17. The molecule has 0 spiro atoms. The zero-order chi connectivity index (χ0) is 14.9. The Balaban J connectivity index is 1.63. The van der Waals surface area contributed by atoms with Crippen LogP contribution < -0.4 is 5.73 Å². The second-order valence-corrected chi connectivity index (χ2v) is 7.46. The number of aromatic nitrogens is 1. The van der Waals surface area contributed by atoms with Crippen LogP contribution in [0, 0.1) is 0 Å². The molecule has 0 bridgehead atoms. The molecule has 21 heavy (non-hydrogen) atoms. The summed E-state index contributed by atoms with van der Waals surface area (Å²) >= 11 is 1.79. The largest absolute Gasteiger partial charge is 0.320 e. The Labute approximate surface area is 130 Å². The highest BCUT2D eigenvalue weighted by Gasteiger charge is 2.25. The molecule has 1 aromatic heterocycles. The van der Waals surface area contributed by atoms with E-state index in [1.807, 2.05) is 13.8 Å². The number of nitrogens with two attached hydrogens (primary N) is 1. The Morgan fingerprint density at radius 2 is 2.05 bits per heavy atom. The predicted octanol–water partition coefficient (Wildman–Crippen LogP) is 2.94. The summed E-state index contributed by atoms with van der Waals surface area (Å²) in [7, 11) is 0. The molecule has 3 rings (SSSR count). The first-order chi connectivity index (χ1) is 10.0. The monoisotopic (exact) mass is 301 g/mol. The number of hydrogen-bond acceptors (Lipinski definition) is 4. The SMILES string of the molecule is CC(C)(N)c1nc2c(s1)CN(CCc1ccccc1)CC2. The van der Waals surface area contributed by atoms with Gasteiger partial charge in [0.2, 0.25) is 0 Å². The van der Waals surface area contributed by atoms with Crippen LogP contribution in [-0.4, -0.2) is 23.0 Å². The zero-order valence-electron chi connectivity index (χ0n) is 12.8. The summed E-state index contributed by atoms with van der Waals surface area (Å²) in [5, 5.41) is 1.07. The van der Waals surface area contributed by atoms with Gasteiger partial charge in [0.25, 0.3) is 0 Å². The van der Waals surface area contributed by atoms with Crippen LogP contribution in [0.5, 0.6) is 0 Å². The molecule has 2 heterocycles. The lowest BCUT2D eigenvalue weighted by Crippen LogP contribution is -2.31. The first-order valence-corrected chi connectivity index (χ1v) is 8.38. The van der Waals surface area contributed by atoms with E-state index >= 15 is 0 Å². The summed E-state index contributed by atoms with van der Waals surface area (Å²) in [5.74, 6) is 0. The first kappa shape index (κ1) is 14.7. The molecule has 0 saturated heterocycles. The maximum Gasteiger partial charge on any atom is 0.113 e. The van der Waals surface area contributed by atoms with Crippen molar-refractivity contribution < 1.29 is 0 Å². The van der Waals surface area contributed by atoms with Gasteiger partial charge in [0.05, 0.1) is 11.2 Å². The van der Waals surface area contributed by atoms with Crippen LogP contribution in [0.25, 0.3) is 0 Å². The second kappa shape index (κ2) is 5.87. The molecule has 112 valence electrons. The average Bonchev–Trinajstić information content (AvgIpc) is 2.89. The zero-order valence-corrected chi connectivity index (χ0v) is 13.6. The van der Waals surface area contributed by atoms with Gasteiger partial charge in [-0.25, -0.2) is 4.98 Å². The highest BCUT2D eigenvalue weighted by atomic mass is 32.1. The summed E-state index contributed by atoms with van der Waals surface area (Å²) in [4.78, 5) is 8.68. The maximum absolute atomic E-state index is 6.17. The minimum atomic E-state index is -0.323. The molecule has 0 fully saturated rings. The van der Waals surface area contributed by atoms with Gasteiger partial charge in [-0.1, -0.05) is 30.3 Å². The van der Waals surface area contributed by atoms with Gasteiger partial charge >= 0.3 is 0 Å². The van der Waals surface area contributed by atoms with Crippen molar-refractivity contribution >= 4 is 11.3 Å². The molecule has 0 atom stereocenters. The molecule has 1 aliphatic rings. The number of benzene rings is 1. The van der Waals surface area contributed by atoms with Crippen LogP contribution in [0.15, 0.2) is 30.3 Å². The summed E-state index contributed by atoms with van der Waals surface area (Å²) in [6, 6.07) is 10.7. The average molecular weight is 301 g/mol. The van der Waals surface area contributed by atoms with Gasteiger partial charge in [0.15, 0.2) is 0 Å². The van der Waals surface area contributed by atoms with E-state index in [4.69, 9.17) is 10.7 Å². The molecular weight excluding hydrogens is 278 g/mol. The molecule has 1 aromatic carbocycles. The predicted molar refractivity (Wildman–Crippen MR) is 88.5 cm³/mol. The summed E-state index contributed by atoms with van der Waals surface area (Å²) in [6.45, 7) is 7.31. The smallest absolute Gasteiger partial charge is 0.113 e. The Hall–Kier alpha value is -1.23. The van der Waals surface area contributed by atoms with Gasteiger partial charge in [-0.05, 0) is 25.8 Å². The van der Waals surface area contributed by atoms with Crippen molar-refractivity contribution in [2.45, 2.75) is 38.8 Å². The summed E-state index contributed by atoms with van der Waals surface area (Å²) < 4.78 is 0. The molecule has 2 aromatic rings. The molecule has 1 aliphatic heterocycles. The van der Waals surface area contributed by atoms with Crippen molar-refractivity contribution in [3.05, 3.63) is 51.5 Å². The van der Waals surface area contributed by atoms with E-state index in [1.54, 1.807) is 11.3 Å². The van der Waals surface area contributed by atoms with Crippen molar-refractivity contribution in [3.8, 4) is 0 Å². The van der Waals surface area contributed by atoms with Crippen molar-refractivity contribution in [2.75, 3.05) is 13.1 Å². The molecule has 2 N–H and O–H groups in total. The standard InChI is InChI=1S/C17H23N3S/c1-17(2,18)16-19-14-9-11-20(12-15(14)21-16)10-8-13-6-4-3-5-7-13/h3-7H,8-12,18H2,1-2H3. The summed E-state index contributed by atoms with van der Waals surface area (Å²) in [5.41, 5.74) is 8.53. The minimum absolute atomic E-state index is 0.323. The minimum Gasteiger partial charge on any atom is -0.320 e. The lowest BCUT2D eigenvalue weighted by molar-refractivity contribution is 0.259. The first-order valence-electron chi connectivity index (χ1n) is 7.56. The van der Waals surface area contributed by atoms with Gasteiger partial charge in [-0.15, -0.1) is 11.3 Å². The third-order valence-corrected chi connectivity index (χ3v) is 5.34. The van der Waals surface area contributed by atoms with Crippen molar-refractivity contribution in [3.63, 3.8) is 0 Å². The van der Waals surface area contributed by atoms with Crippen LogP contribution in [0.1, 0.15) is 35.0 Å². The van der Waals surface area contributed by atoms with Gasteiger partial charge in [0, 0.05) is 30.9 Å². The van der Waals surface area contributed by atoms with Crippen molar-refractivity contribution in [1.29, 1.82) is 0 Å². The lowest BCUT2D eigenvalue weighted by Gasteiger charge is -2.25. The van der Waals surface area contributed by atoms with E-state index < -0.39 is 0 Å². The Kier molecular flexibility index (Phi) is 4.11. The van der Waals surface area contributed by atoms with Crippen molar-refractivity contribution in [1.82, 2.24) is 9.88 Å². The molecule has 0 radical (unpaired) electrons. The fourth-order valence-electron chi connectivity index (χ4n) is 2.65. The fraction of sp³-hybridized carbons (Fsp3) is 0.471.